The highest BCUT2D eigenvalue weighted by Gasteiger charge is 2.28. The predicted molar refractivity (Wildman–Crippen MR) is 86.4 cm³/mol. The van der Waals surface area contributed by atoms with Crippen LogP contribution in [0.4, 0.5) is 4.79 Å². The molecule has 4 N–H and O–H groups in total. The maximum absolute atomic E-state index is 11.4. The van der Waals surface area contributed by atoms with Gasteiger partial charge in [0.25, 0.3) is 0 Å². The van der Waals surface area contributed by atoms with Crippen molar-refractivity contribution in [2.45, 2.75) is 51.7 Å². The number of rotatable bonds is 11. The van der Waals surface area contributed by atoms with Crippen molar-refractivity contribution in [1.29, 1.82) is 0 Å². The Hall–Kier alpha value is -2.36. The van der Waals surface area contributed by atoms with Crippen LogP contribution in [-0.4, -0.2) is 75.5 Å². The lowest BCUT2D eigenvalue weighted by molar-refractivity contribution is -0.149. The molecule has 0 saturated heterocycles. The molecule has 0 fully saturated rings. The molecule has 1 unspecified atom stereocenters. The number of unbranched alkanes of at least 4 members (excludes halogenated alkanes) is 1. The quantitative estimate of drug-likeness (QED) is 0.387. The number of hydrogen-bond donors (Lipinski definition) is 4. The first kappa shape index (κ1) is 22.6. The highest BCUT2D eigenvalue weighted by Crippen LogP contribution is 2.10. The van der Waals surface area contributed by atoms with Crippen LogP contribution in [-0.2, 0) is 19.1 Å². The highest BCUT2D eigenvalue weighted by atomic mass is 16.6. The van der Waals surface area contributed by atoms with Crippen LogP contribution in [0.5, 0.6) is 0 Å². The Balaban J connectivity index is 4.43. The van der Waals surface area contributed by atoms with E-state index in [4.69, 9.17) is 14.9 Å². The van der Waals surface area contributed by atoms with E-state index in [1.165, 1.54) is 0 Å². The number of carbonyl (C=O) groups excluding carboxylic acids is 1. The van der Waals surface area contributed by atoms with Gasteiger partial charge in [-0.3, -0.25) is 19.3 Å². The van der Waals surface area contributed by atoms with Crippen molar-refractivity contribution < 1.29 is 39.2 Å². The topological polar surface area (TPSA) is 153 Å². The first-order valence-electron chi connectivity index (χ1n) is 7.79. The first-order chi connectivity index (χ1) is 11.4. The third kappa shape index (κ3) is 11.8. The molecule has 0 aliphatic heterocycles. The fourth-order valence-corrected chi connectivity index (χ4v) is 2.05. The lowest BCUT2D eigenvalue weighted by Crippen LogP contribution is -2.46. The van der Waals surface area contributed by atoms with Crippen LogP contribution in [0.3, 0.4) is 0 Å². The first-order valence-corrected chi connectivity index (χ1v) is 7.79. The molecule has 0 rings (SSSR count). The van der Waals surface area contributed by atoms with Crippen LogP contribution in [0.25, 0.3) is 0 Å². The summed E-state index contributed by atoms with van der Waals surface area (Å²) in [7, 11) is 0. The Bertz CT molecular complexity index is 470. The van der Waals surface area contributed by atoms with Gasteiger partial charge in [-0.25, -0.2) is 4.79 Å². The van der Waals surface area contributed by atoms with E-state index in [9.17, 15) is 24.3 Å². The van der Waals surface area contributed by atoms with Gasteiger partial charge in [-0.15, -0.1) is 0 Å². The molecule has 144 valence electrons. The minimum atomic E-state index is -1.31. The van der Waals surface area contributed by atoms with Gasteiger partial charge in [0.05, 0.1) is 13.1 Å². The molecule has 0 saturated carbocycles. The van der Waals surface area contributed by atoms with Crippen LogP contribution >= 0.6 is 0 Å². The predicted octanol–water partition coefficient (Wildman–Crippen LogP) is 0.606. The second-order valence-electron chi connectivity index (χ2n) is 6.47. The summed E-state index contributed by atoms with van der Waals surface area (Å²) in [5.74, 6) is -3.90. The van der Waals surface area contributed by atoms with Crippen molar-refractivity contribution in [2.75, 3.05) is 19.6 Å². The number of aliphatic carboxylic acids is 3. The molecule has 0 aromatic heterocycles. The summed E-state index contributed by atoms with van der Waals surface area (Å²) >= 11 is 0. The van der Waals surface area contributed by atoms with Crippen LogP contribution < -0.4 is 5.32 Å². The van der Waals surface area contributed by atoms with Crippen molar-refractivity contribution in [1.82, 2.24) is 10.2 Å². The van der Waals surface area contributed by atoms with E-state index >= 15 is 0 Å². The Morgan fingerprint density at radius 2 is 1.52 bits per heavy atom. The van der Waals surface area contributed by atoms with Gasteiger partial charge >= 0.3 is 24.0 Å². The minimum absolute atomic E-state index is 0.0614. The summed E-state index contributed by atoms with van der Waals surface area (Å²) < 4.78 is 5.05. The number of carboxylic acid groups (broad SMARTS) is 3. The summed E-state index contributed by atoms with van der Waals surface area (Å²) in [5.41, 5.74) is -0.618. The molecule has 0 aromatic rings. The minimum Gasteiger partial charge on any atom is -0.480 e. The monoisotopic (exact) mass is 362 g/mol. The van der Waals surface area contributed by atoms with E-state index in [0.717, 1.165) is 4.90 Å². The summed E-state index contributed by atoms with van der Waals surface area (Å²) in [6.07, 6.45) is 0.284. The summed E-state index contributed by atoms with van der Waals surface area (Å²) in [4.78, 5) is 45.2. The van der Waals surface area contributed by atoms with Gasteiger partial charge in [-0.05, 0) is 40.0 Å². The molecule has 0 heterocycles. The van der Waals surface area contributed by atoms with Crippen LogP contribution in [0.1, 0.15) is 40.0 Å². The molecular weight excluding hydrogens is 336 g/mol. The van der Waals surface area contributed by atoms with Crippen molar-refractivity contribution in [2.24, 2.45) is 0 Å². The van der Waals surface area contributed by atoms with E-state index in [-0.39, 0.29) is 13.0 Å². The maximum Gasteiger partial charge on any atom is 0.407 e. The summed E-state index contributed by atoms with van der Waals surface area (Å²) in [6.45, 7) is 4.08. The molecule has 10 nitrogen and oxygen atoms in total. The number of amides is 1. The van der Waals surface area contributed by atoms with E-state index in [2.05, 4.69) is 5.32 Å². The van der Waals surface area contributed by atoms with Gasteiger partial charge in [0.2, 0.25) is 0 Å². The fraction of sp³-hybridized carbons (Fsp3) is 0.733. The van der Waals surface area contributed by atoms with Crippen molar-refractivity contribution >= 4 is 24.0 Å². The SMILES string of the molecule is CC(C)(C)OC(=O)NCCCCC(C(=O)O)N(CC(=O)O)CC(=O)O. The molecular formula is C15H26N2O8. The third-order valence-corrected chi connectivity index (χ3v) is 2.98. The molecule has 1 amide bonds. The number of carbonyl (C=O) groups is 4. The molecule has 0 bridgehead atoms. The Morgan fingerprint density at radius 3 is 1.92 bits per heavy atom. The molecule has 0 spiro atoms. The van der Waals surface area contributed by atoms with Gasteiger partial charge in [0.15, 0.2) is 0 Å². The molecule has 0 aromatic carbocycles. The highest BCUT2D eigenvalue weighted by molar-refractivity contribution is 5.78. The van der Waals surface area contributed by atoms with Gasteiger partial charge in [0, 0.05) is 6.54 Å². The zero-order valence-corrected chi connectivity index (χ0v) is 14.7. The molecule has 1 atom stereocenters. The van der Waals surface area contributed by atoms with Crippen molar-refractivity contribution in [3.05, 3.63) is 0 Å². The molecule has 10 heteroatoms. The normalized spacial score (nSPS) is 12.5. The van der Waals surface area contributed by atoms with Crippen LogP contribution in [0, 0.1) is 0 Å². The average Bonchev–Trinajstić information content (AvgIpc) is 2.38. The summed E-state index contributed by atoms with van der Waals surface area (Å²) in [6, 6.07) is -1.23. The second-order valence-corrected chi connectivity index (χ2v) is 6.47. The zero-order valence-electron chi connectivity index (χ0n) is 14.7. The van der Waals surface area contributed by atoms with Gasteiger partial charge < -0.3 is 25.4 Å². The summed E-state index contributed by atoms with van der Waals surface area (Å²) in [5, 5.41) is 29.4. The number of nitrogens with zero attached hydrogens (tertiary/aromatic N) is 1. The van der Waals surface area contributed by atoms with Crippen LogP contribution in [0.15, 0.2) is 0 Å². The number of alkyl carbamates (subject to hydrolysis) is 1. The van der Waals surface area contributed by atoms with Gasteiger partial charge in [-0.1, -0.05) is 0 Å². The lowest BCUT2D eigenvalue weighted by atomic mass is 10.1. The Kier molecular flexibility index (Phi) is 9.50. The zero-order chi connectivity index (χ0) is 19.6. The maximum atomic E-state index is 11.4. The largest absolute Gasteiger partial charge is 0.480 e. The fourth-order valence-electron chi connectivity index (χ4n) is 2.05. The number of ether oxygens (including phenoxy) is 1. The van der Waals surface area contributed by atoms with E-state index < -0.39 is 48.7 Å². The second kappa shape index (κ2) is 10.5. The molecule has 0 radical (unpaired) electrons. The smallest absolute Gasteiger partial charge is 0.407 e. The van der Waals surface area contributed by atoms with E-state index in [0.29, 0.717) is 12.8 Å². The van der Waals surface area contributed by atoms with Crippen molar-refractivity contribution in [3.8, 4) is 0 Å². The molecule has 0 aliphatic carbocycles. The van der Waals surface area contributed by atoms with E-state index in [1.807, 2.05) is 0 Å². The number of nitrogens with one attached hydrogen (secondary N) is 1. The van der Waals surface area contributed by atoms with Crippen molar-refractivity contribution in [3.63, 3.8) is 0 Å². The van der Waals surface area contributed by atoms with Gasteiger partial charge in [-0.2, -0.15) is 0 Å². The molecule has 0 aliphatic rings. The Morgan fingerprint density at radius 1 is 1.00 bits per heavy atom. The number of hydrogen-bond acceptors (Lipinski definition) is 6. The number of carboxylic acids is 3. The Labute approximate surface area is 145 Å². The average molecular weight is 362 g/mol. The van der Waals surface area contributed by atoms with Gasteiger partial charge in [0.1, 0.15) is 11.6 Å². The lowest BCUT2D eigenvalue weighted by Gasteiger charge is -2.25. The standard InChI is InChI=1S/C15H26N2O8/c1-15(2,3)25-14(24)16-7-5-4-6-10(13(22)23)17(8-11(18)19)9-12(20)21/h10H,4-9H2,1-3H3,(H,16,24)(H,18,19)(H,20,21)(H,22,23). The molecule has 25 heavy (non-hydrogen) atoms. The third-order valence-electron chi connectivity index (χ3n) is 2.98. The van der Waals surface area contributed by atoms with E-state index in [1.54, 1.807) is 20.8 Å². The van der Waals surface area contributed by atoms with Crippen LogP contribution in [0.2, 0.25) is 0 Å².